The summed E-state index contributed by atoms with van der Waals surface area (Å²) in [6.45, 7) is 5.25. The number of nitrogens with one attached hydrogen (secondary N) is 2. The predicted octanol–water partition coefficient (Wildman–Crippen LogP) is 11.5. The molecule has 0 heterocycles. The Morgan fingerprint density at radius 1 is 0.490 bits per heavy atom. The van der Waals surface area contributed by atoms with Crippen molar-refractivity contribution in [2.24, 2.45) is 0 Å². The number of likely N-dealkylation sites (N-methyl/N-ethyl adjacent to an activating group) is 1. The second kappa shape index (κ2) is 40.4. The molecule has 0 radical (unpaired) electrons. The fourth-order valence-corrected chi connectivity index (χ4v) is 5.81. The molecule has 0 rings (SSSR count). The zero-order valence-corrected chi connectivity index (χ0v) is 33.5. The number of carbonyl (C=O) groups excluding carboxylic acids is 3. The lowest BCUT2D eigenvalue weighted by Crippen LogP contribution is -2.35. The summed E-state index contributed by atoms with van der Waals surface area (Å²) in [6.07, 6.45) is 39.6. The van der Waals surface area contributed by atoms with Crippen molar-refractivity contribution in [1.82, 2.24) is 10.6 Å². The van der Waals surface area contributed by atoms with Gasteiger partial charge in [0.1, 0.15) is 13.2 Å². The summed E-state index contributed by atoms with van der Waals surface area (Å²) in [7, 11) is 1.80. The van der Waals surface area contributed by atoms with Gasteiger partial charge in [0.05, 0.1) is 0 Å². The van der Waals surface area contributed by atoms with Crippen LogP contribution in [0.5, 0.6) is 0 Å². The van der Waals surface area contributed by atoms with Crippen molar-refractivity contribution in [2.75, 3.05) is 33.4 Å². The number of hydrogen-bond donors (Lipinski definition) is 2. The third-order valence-electron chi connectivity index (χ3n) is 9.06. The highest BCUT2D eigenvalue weighted by Crippen LogP contribution is 2.13. The molecule has 1 atom stereocenters. The van der Waals surface area contributed by atoms with Crippen molar-refractivity contribution >= 4 is 18.0 Å². The van der Waals surface area contributed by atoms with Gasteiger partial charge in [-0.15, -0.1) is 0 Å². The first kappa shape index (κ1) is 48.6. The minimum Gasteiger partial charge on any atom is -0.462 e. The normalized spacial score (nSPS) is 12.1. The number of unbranched alkanes of at least 4 members (excludes halogenated alkanes) is 22. The van der Waals surface area contributed by atoms with E-state index in [-0.39, 0.29) is 25.2 Å². The number of allylic oxidation sites excluding steroid dienone is 4. The molecule has 0 bridgehead atoms. The second-order valence-electron chi connectivity index (χ2n) is 14.1. The molecule has 0 aliphatic heterocycles. The molecule has 0 aromatic rings. The van der Waals surface area contributed by atoms with Gasteiger partial charge in [-0.1, -0.05) is 141 Å². The topological polar surface area (TPSA) is 103 Å². The Labute approximate surface area is 314 Å². The van der Waals surface area contributed by atoms with Gasteiger partial charge in [-0.3, -0.25) is 9.59 Å². The van der Waals surface area contributed by atoms with Crippen molar-refractivity contribution in [2.45, 2.75) is 200 Å². The summed E-state index contributed by atoms with van der Waals surface area (Å²) >= 11 is 0. The Kier molecular flexibility index (Phi) is 38.6. The number of ether oxygens (including phenoxy) is 3. The molecule has 0 saturated heterocycles. The van der Waals surface area contributed by atoms with Crippen LogP contribution in [0.25, 0.3) is 0 Å². The van der Waals surface area contributed by atoms with Crippen LogP contribution in [0, 0.1) is 0 Å². The lowest BCUT2D eigenvalue weighted by molar-refractivity contribution is -0.161. The number of carbonyl (C=O) groups is 3. The molecule has 8 heteroatoms. The minimum absolute atomic E-state index is 0.119. The Hall–Kier alpha value is -2.35. The van der Waals surface area contributed by atoms with E-state index in [9.17, 15) is 14.4 Å². The molecular weight excluding hydrogens is 640 g/mol. The largest absolute Gasteiger partial charge is 0.462 e. The van der Waals surface area contributed by atoms with E-state index < -0.39 is 12.2 Å². The summed E-state index contributed by atoms with van der Waals surface area (Å²) in [5.41, 5.74) is 0. The van der Waals surface area contributed by atoms with Gasteiger partial charge in [-0.25, -0.2) is 4.79 Å². The van der Waals surface area contributed by atoms with Crippen molar-refractivity contribution < 1.29 is 28.6 Å². The quantitative estimate of drug-likeness (QED) is 0.0283. The van der Waals surface area contributed by atoms with E-state index in [1.54, 1.807) is 7.05 Å². The third kappa shape index (κ3) is 38.7. The molecule has 0 aliphatic carbocycles. The first-order valence-electron chi connectivity index (χ1n) is 21.2. The lowest BCUT2D eigenvalue weighted by atomic mass is 10.1. The third-order valence-corrected chi connectivity index (χ3v) is 9.06. The first-order valence-corrected chi connectivity index (χ1v) is 21.2. The molecule has 1 amide bonds. The molecule has 0 aliphatic rings. The van der Waals surface area contributed by atoms with Crippen molar-refractivity contribution in [3.05, 3.63) is 24.3 Å². The molecule has 0 aromatic carbocycles. The monoisotopic (exact) mass is 721 g/mol. The van der Waals surface area contributed by atoms with E-state index in [4.69, 9.17) is 14.2 Å². The number of hydrogen-bond acceptors (Lipinski definition) is 7. The molecule has 0 fully saturated rings. The lowest BCUT2D eigenvalue weighted by Gasteiger charge is -2.18. The van der Waals surface area contributed by atoms with Gasteiger partial charge >= 0.3 is 18.0 Å². The van der Waals surface area contributed by atoms with Gasteiger partial charge in [0, 0.05) is 25.9 Å². The van der Waals surface area contributed by atoms with Gasteiger partial charge in [0.2, 0.25) is 0 Å². The molecular formula is C43H80N2O6. The number of amides is 1. The fourth-order valence-electron chi connectivity index (χ4n) is 5.81. The summed E-state index contributed by atoms with van der Waals surface area (Å²) < 4.78 is 16.3. The van der Waals surface area contributed by atoms with Crippen molar-refractivity contribution in [1.29, 1.82) is 0 Å². The Bertz CT molecular complexity index is 846. The molecule has 0 spiro atoms. The summed E-state index contributed by atoms with van der Waals surface area (Å²) in [4.78, 5) is 37.0. The van der Waals surface area contributed by atoms with E-state index in [2.05, 4.69) is 48.8 Å². The van der Waals surface area contributed by atoms with Gasteiger partial charge in [-0.2, -0.15) is 0 Å². The van der Waals surface area contributed by atoms with Crippen LogP contribution >= 0.6 is 0 Å². The van der Waals surface area contributed by atoms with E-state index in [1.165, 1.54) is 109 Å². The molecule has 0 aromatic heterocycles. The minimum atomic E-state index is -0.825. The molecule has 2 N–H and O–H groups in total. The average molecular weight is 721 g/mol. The van der Waals surface area contributed by atoms with Crippen LogP contribution in [-0.4, -0.2) is 57.5 Å². The Balaban J connectivity index is 4.15. The molecule has 0 saturated carbocycles. The highest BCUT2D eigenvalue weighted by atomic mass is 16.6. The zero-order chi connectivity index (χ0) is 37.3. The fraction of sp³-hybridized carbons (Fsp3) is 0.837. The number of alkyl carbamates (subject to hydrolysis) is 1. The van der Waals surface area contributed by atoms with Crippen LogP contribution in [0.4, 0.5) is 4.79 Å². The van der Waals surface area contributed by atoms with E-state index in [0.717, 1.165) is 57.8 Å². The standard InChI is InChI=1S/C43H80N2O6/c1-4-6-8-10-12-14-16-18-20-22-24-26-28-30-32-34-41(46)49-38-40(39-50-43(48)45-37-36-44-3)51-42(47)35-33-31-29-27-25-23-21-19-17-15-13-11-9-7-5-2/h18-21,40,44H,4-17,22-39H2,1-3H3,(H,45,48)/b20-18-,21-19-. The van der Waals surface area contributed by atoms with Gasteiger partial charge in [0.25, 0.3) is 0 Å². The van der Waals surface area contributed by atoms with Crippen molar-refractivity contribution in [3.8, 4) is 0 Å². The van der Waals surface area contributed by atoms with E-state index >= 15 is 0 Å². The Morgan fingerprint density at radius 3 is 1.33 bits per heavy atom. The maximum Gasteiger partial charge on any atom is 0.407 e. The maximum absolute atomic E-state index is 12.6. The SMILES string of the molecule is CCCCCCCC/C=C\CCCCCCCC(=O)OCC(COC(=O)NCCNC)OC(=O)CCCCCCC/C=C\CCCCCCCC. The average Bonchev–Trinajstić information content (AvgIpc) is 3.12. The zero-order valence-electron chi connectivity index (χ0n) is 33.5. The molecule has 8 nitrogen and oxygen atoms in total. The van der Waals surface area contributed by atoms with Crippen LogP contribution in [0.15, 0.2) is 24.3 Å². The van der Waals surface area contributed by atoms with Crippen LogP contribution in [-0.2, 0) is 23.8 Å². The molecule has 298 valence electrons. The van der Waals surface area contributed by atoms with E-state index in [0.29, 0.717) is 25.9 Å². The highest BCUT2D eigenvalue weighted by Gasteiger charge is 2.19. The molecule has 51 heavy (non-hydrogen) atoms. The van der Waals surface area contributed by atoms with Gasteiger partial charge < -0.3 is 24.8 Å². The van der Waals surface area contributed by atoms with Crippen LogP contribution in [0.1, 0.15) is 194 Å². The molecule has 1 unspecified atom stereocenters. The van der Waals surface area contributed by atoms with Crippen LogP contribution in [0.2, 0.25) is 0 Å². The smallest absolute Gasteiger partial charge is 0.407 e. The van der Waals surface area contributed by atoms with Crippen LogP contribution in [0.3, 0.4) is 0 Å². The van der Waals surface area contributed by atoms with Crippen molar-refractivity contribution in [3.63, 3.8) is 0 Å². The van der Waals surface area contributed by atoms with Gasteiger partial charge in [-0.05, 0) is 71.3 Å². The summed E-state index contributed by atoms with van der Waals surface area (Å²) in [5.74, 6) is -0.672. The maximum atomic E-state index is 12.6. The summed E-state index contributed by atoms with van der Waals surface area (Å²) in [5, 5.41) is 5.58. The highest BCUT2D eigenvalue weighted by molar-refractivity contribution is 5.70. The van der Waals surface area contributed by atoms with E-state index in [1.807, 2.05) is 0 Å². The van der Waals surface area contributed by atoms with Crippen LogP contribution < -0.4 is 10.6 Å². The first-order chi connectivity index (χ1) is 25.0. The second-order valence-corrected chi connectivity index (χ2v) is 14.1. The number of esters is 2. The number of rotatable bonds is 38. The predicted molar refractivity (Wildman–Crippen MR) is 213 cm³/mol. The Morgan fingerprint density at radius 2 is 0.882 bits per heavy atom. The summed E-state index contributed by atoms with van der Waals surface area (Å²) in [6, 6.07) is 0. The van der Waals surface area contributed by atoms with Gasteiger partial charge in [0.15, 0.2) is 6.10 Å².